The van der Waals surface area contributed by atoms with Crippen LogP contribution in [0.2, 0.25) is 0 Å². The van der Waals surface area contributed by atoms with Crippen molar-refractivity contribution in [3.8, 4) is 0 Å². The van der Waals surface area contributed by atoms with E-state index in [0.717, 1.165) is 23.3 Å². The van der Waals surface area contributed by atoms with Crippen LogP contribution in [0.1, 0.15) is 73.3 Å². The Bertz CT molecular complexity index is 947. The van der Waals surface area contributed by atoms with Gasteiger partial charge in [-0.25, -0.2) is 9.78 Å². The molecule has 3 aromatic rings. The molecule has 0 unspecified atom stereocenters. The molecule has 0 amide bonds. The monoisotopic (exact) mass is 392 g/mol. The molecule has 0 saturated heterocycles. The lowest BCUT2D eigenvalue weighted by Gasteiger charge is -2.28. The Morgan fingerprint density at radius 3 is 2.34 bits per heavy atom. The van der Waals surface area contributed by atoms with Crippen LogP contribution in [0.25, 0.3) is 11.0 Å². The van der Waals surface area contributed by atoms with Crippen LogP contribution < -0.4 is 0 Å². The number of aromatic nitrogens is 2. The number of nitrogens with zero attached hydrogens (tertiary/aromatic N) is 1. The lowest BCUT2D eigenvalue weighted by atomic mass is 9.78. The molecule has 1 heterocycles. The Morgan fingerprint density at radius 2 is 1.76 bits per heavy atom. The molecule has 1 saturated carbocycles. The van der Waals surface area contributed by atoms with Crippen molar-refractivity contribution in [3.63, 3.8) is 0 Å². The quantitative estimate of drug-likeness (QED) is 0.538. The molecule has 29 heavy (non-hydrogen) atoms. The molecule has 154 valence electrons. The summed E-state index contributed by atoms with van der Waals surface area (Å²) in [5.41, 5.74) is 5.34. The molecule has 1 aromatic heterocycles. The van der Waals surface area contributed by atoms with E-state index in [0.29, 0.717) is 11.0 Å². The van der Waals surface area contributed by atoms with Gasteiger partial charge in [0.25, 0.3) is 0 Å². The van der Waals surface area contributed by atoms with Crippen LogP contribution in [0, 0.1) is 12.3 Å². The van der Waals surface area contributed by atoms with Gasteiger partial charge in [-0.05, 0) is 48.9 Å². The molecule has 4 nitrogen and oxygen atoms in total. The predicted molar refractivity (Wildman–Crippen MR) is 118 cm³/mol. The molecule has 2 aromatic carbocycles. The van der Waals surface area contributed by atoms with Gasteiger partial charge < -0.3 is 9.72 Å². The van der Waals surface area contributed by atoms with Gasteiger partial charge in [-0.2, -0.15) is 0 Å². The van der Waals surface area contributed by atoms with Crippen LogP contribution in [0.5, 0.6) is 0 Å². The molecule has 1 N–H and O–H groups in total. The van der Waals surface area contributed by atoms with E-state index in [1.807, 2.05) is 6.07 Å². The van der Waals surface area contributed by atoms with E-state index in [2.05, 4.69) is 55.0 Å². The number of hydrogen-bond donors (Lipinski definition) is 1. The van der Waals surface area contributed by atoms with Crippen LogP contribution in [0.4, 0.5) is 0 Å². The maximum Gasteiger partial charge on any atom is 0.337 e. The van der Waals surface area contributed by atoms with Gasteiger partial charge in [0.1, 0.15) is 5.82 Å². The number of methoxy groups -OCH3 is 1. The van der Waals surface area contributed by atoms with Gasteiger partial charge >= 0.3 is 5.97 Å². The number of hydrogen-bond acceptors (Lipinski definition) is 3. The van der Waals surface area contributed by atoms with E-state index < -0.39 is 0 Å². The van der Waals surface area contributed by atoms with Gasteiger partial charge in [-0.3, -0.25) is 0 Å². The molecule has 1 fully saturated rings. The number of nitrogens with one attached hydrogen (secondary N) is 1. The maximum absolute atomic E-state index is 11.5. The summed E-state index contributed by atoms with van der Waals surface area (Å²) < 4.78 is 4.73. The number of esters is 1. The second kappa shape index (κ2) is 9.25. The highest BCUT2D eigenvalue weighted by molar-refractivity contribution is 5.93. The van der Waals surface area contributed by atoms with Crippen molar-refractivity contribution in [3.05, 3.63) is 65.0 Å². The smallest absolute Gasteiger partial charge is 0.337 e. The number of rotatable bonds is 3. The second-order valence-corrected chi connectivity index (χ2v) is 8.79. The molecule has 0 aliphatic heterocycles. The Hall–Kier alpha value is -2.62. The minimum absolute atomic E-state index is 0.341. The average molecular weight is 393 g/mol. The molecule has 1 aliphatic rings. The first-order valence-electron chi connectivity index (χ1n) is 10.5. The fraction of sp³-hybridized carbons (Fsp3) is 0.440. The first-order chi connectivity index (χ1) is 13.9. The summed E-state index contributed by atoms with van der Waals surface area (Å²) in [5, 5.41) is 0. The number of aromatic amines is 1. The van der Waals surface area contributed by atoms with Crippen LogP contribution >= 0.6 is 0 Å². The van der Waals surface area contributed by atoms with Gasteiger partial charge in [-0.1, -0.05) is 62.9 Å². The van der Waals surface area contributed by atoms with E-state index in [4.69, 9.17) is 4.74 Å². The van der Waals surface area contributed by atoms with Crippen molar-refractivity contribution in [1.29, 1.82) is 0 Å². The number of H-pyrrole nitrogens is 1. The van der Waals surface area contributed by atoms with Crippen molar-refractivity contribution in [2.45, 2.75) is 59.3 Å². The molecular formula is C25H32N2O2. The van der Waals surface area contributed by atoms with Crippen LogP contribution in [-0.4, -0.2) is 23.0 Å². The predicted octanol–water partition coefficient (Wildman–Crippen LogP) is 6.23. The lowest BCUT2D eigenvalue weighted by molar-refractivity contribution is 0.0601. The summed E-state index contributed by atoms with van der Waals surface area (Å²) in [4.78, 5) is 19.3. The largest absolute Gasteiger partial charge is 0.465 e. The maximum atomic E-state index is 11.5. The van der Waals surface area contributed by atoms with Crippen molar-refractivity contribution in [1.82, 2.24) is 9.97 Å². The molecule has 0 atom stereocenters. The van der Waals surface area contributed by atoms with Crippen molar-refractivity contribution >= 4 is 17.0 Å². The fourth-order valence-corrected chi connectivity index (χ4v) is 3.80. The van der Waals surface area contributed by atoms with E-state index in [-0.39, 0.29) is 5.97 Å². The first kappa shape index (κ1) is 21.1. The highest BCUT2D eigenvalue weighted by Crippen LogP contribution is 2.34. The summed E-state index contributed by atoms with van der Waals surface area (Å²) in [6.45, 7) is 6.83. The molecular weight excluding hydrogens is 360 g/mol. The van der Waals surface area contributed by atoms with Crippen molar-refractivity contribution in [2.24, 2.45) is 5.41 Å². The third-order valence-corrected chi connectivity index (χ3v) is 5.65. The van der Waals surface area contributed by atoms with Crippen LogP contribution in [0.3, 0.4) is 0 Å². The summed E-state index contributed by atoms with van der Waals surface area (Å²) >= 11 is 0. The summed E-state index contributed by atoms with van der Waals surface area (Å²) in [6.07, 6.45) is 8.05. The molecule has 0 bridgehead atoms. The molecule has 4 rings (SSSR count). The lowest BCUT2D eigenvalue weighted by Crippen LogP contribution is -2.14. The Morgan fingerprint density at radius 1 is 1.07 bits per heavy atom. The second-order valence-electron chi connectivity index (χ2n) is 8.79. The molecule has 0 spiro atoms. The number of fused-ring (bicyclic) bond motifs is 1. The Kier molecular flexibility index (Phi) is 6.73. The first-order valence-corrected chi connectivity index (χ1v) is 10.5. The number of aryl methyl sites for hydroxylation is 1. The number of carbonyl (C=O) groups is 1. The highest BCUT2D eigenvalue weighted by Gasteiger charge is 2.19. The Labute approximate surface area is 173 Å². The van der Waals surface area contributed by atoms with E-state index in [9.17, 15) is 4.79 Å². The van der Waals surface area contributed by atoms with Gasteiger partial charge in [0, 0.05) is 6.42 Å². The summed E-state index contributed by atoms with van der Waals surface area (Å²) in [5.74, 6) is 0.544. The zero-order valence-corrected chi connectivity index (χ0v) is 18.0. The Balaban J connectivity index is 0.000000252. The number of ether oxygens (including phenoxy) is 1. The minimum atomic E-state index is -0.341. The third kappa shape index (κ3) is 5.93. The molecule has 4 heteroatoms. The van der Waals surface area contributed by atoms with Gasteiger partial charge in [0.2, 0.25) is 0 Å². The van der Waals surface area contributed by atoms with Crippen LogP contribution in [0.15, 0.2) is 42.5 Å². The van der Waals surface area contributed by atoms with E-state index >= 15 is 0 Å². The highest BCUT2D eigenvalue weighted by atomic mass is 16.5. The molecule has 0 radical (unpaired) electrons. The SMILES string of the molecule is CC1(C)CCCCC1.COC(=O)c1ccc2nc(Cc3ccc(C)cc3)[nH]c2c1. The van der Waals surface area contributed by atoms with Crippen molar-refractivity contribution < 1.29 is 9.53 Å². The average Bonchev–Trinajstić information content (AvgIpc) is 3.11. The zero-order chi connectivity index (χ0) is 20.9. The number of carbonyl (C=O) groups excluding carboxylic acids is 1. The van der Waals surface area contributed by atoms with Gasteiger partial charge in [0.05, 0.1) is 23.7 Å². The van der Waals surface area contributed by atoms with E-state index in [1.165, 1.54) is 50.3 Å². The van der Waals surface area contributed by atoms with Gasteiger partial charge in [0.15, 0.2) is 0 Å². The third-order valence-electron chi connectivity index (χ3n) is 5.65. The van der Waals surface area contributed by atoms with Crippen molar-refractivity contribution in [2.75, 3.05) is 7.11 Å². The minimum Gasteiger partial charge on any atom is -0.465 e. The van der Waals surface area contributed by atoms with Gasteiger partial charge in [-0.15, -0.1) is 0 Å². The summed E-state index contributed by atoms with van der Waals surface area (Å²) in [6, 6.07) is 13.7. The van der Waals surface area contributed by atoms with E-state index in [1.54, 1.807) is 12.1 Å². The summed E-state index contributed by atoms with van der Waals surface area (Å²) in [7, 11) is 1.38. The standard InChI is InChI=1S/C17H16N2O2.C8H16/c1-11-3-5-12(6-4-11)9-16-18-14-8-7-13(17(20)21-2)10-15(14)19-16;1-8(2)6-4-3-5-7-8/h3-8,10H,9H2,1-2H3,(H,18,19);3-7H2,1-2H3. The molecule has 1 aliphatic carbocycles. The number of imidazole rings is 1. The number of benzene rings is 2. The normalized spacial score (nSPS) is 15.4. The van der Waals surface area contributed by atoms with Crippen LogP contribution in [-0.2, 0) is 11.2 Å². The zero-order valence-electron chi connectivity index (χ0n) is 18.0. The fourth-order valence-electron chi connectivity index (χ4n) is 3.80. The topological polar surface area (TPSA) is 55.0 Å².